The van der Waals surface area contributed by atoms with Gasteiger partial charge in [0.1, 0.15) is 5.82 Å². The van der Waals surface area contributed by atoms with Crippen molar-refractivity contribution in [2.75, 3.05) is 7.11 Å². The maximum absolute atomic E-state index is 13.7. The van der Waals surface area contributed by atoms with Crippen molar-refractivity contribution in [3.05, 3.63) is 35.1 Å². The fraction of sp³-hybridized carbons (Fsp3) is 0.385. The first-order valence-corrected chi connectivity index (χ1v) is 7.50. The average molecular weight is 315 g/mol. The van der Waals surface area contributed by atoms with Crippen molar-refractivity contribution >= 4 is 21.9 Å². The lowest BCUT2D eigenvalue weighted by atomic mass is 10.1. The van der Waals surface area contributed by atoms with E-state index in [0.29, 0.717) is 4.31 Å². The number of halogens is 1. The van der Waals surface area contributed by atoms with Crippen LogP contribution in [-0.2, 0) is 26.1 Å². The van der Waals surface area contributed by atoms with Crippen LogP contribution in [0.4, 0.5) is 4.39 Å². The normalized spacial score (nSPS) is 19.0. The van der Waals surface area contributed by atoms with Crippen molar-refractivity contribution in [2.24, 2.45) is 0 Å². The molecule has 0 unspecified atom stereocenters. The summed E-state index contributed by atoms with van der Waals surface area (Å²) in [5.41, 5.74) is 0.0203. The molecule has 0 aromatic heterocycles. The third kappa shape index (κ3) is 2.19. The van der Waals surface area contributed by atoms with Gasteiger partial charge in [-0.2, -0.15) is 0 Å². The second-order valence-corrected chi connectivity index (χ2v) is 7.54. The smallest absolute Gasteiger partial charge is 0.340 e. The van der Waals surface area contributed by atoms with Gasteiger partial charge in [0.2, 0.25) is 0 Å². The van der Waals surface area contributed by atoms with E-state index in [1.165, 1.54) is 26.0 Å². The molecule has 0 saturated carbocycles. The van der Waals surface area contributed by atoms with Crippen LogP contribution < -0.4 is 0 Å². The van der Waals surface area contributed by atoms with Gasteiger partial charge < -0.3 is 4.74 Å². The number of nitrogens with zero attached hydrogens (tertiary/aromatic N) is 1. The molecular formula is C13H14FNO5S. The molecule has 0 aliphatic carbocycles. The number of benzene rings is 1. The van der Waals surface area contributed by atoms with Gasteiger partial charge in [0, 0.05) is 0 Å². The first kappa shape index (κ1) is 15.4. The molecule has 1 amide bonds. The summed E-state index contributed by atoms with van der Waals surface area (Å²) in [6, 6.07) is 3.59. The predicted octanol–water partition coefficient (Wildman–Crippen LogP) is 1.06. The second kappa shape index (κ2) is 4.80. The van der Waals surface area contributed by atoms with E-state index in [2.05, 4.69) is 4.74 Å². The van der Waals surface area contributed by atoms with Crippen LogP contribution in [0.25, 0.3) is 0 Å². The minimum absolute atomic E-state index is 0.251. The summed E-state index contributed by atoms with van der Waals surface area (Å²) in [6.45, 7) is 2.38. The summed E-state index contributed by atoms with van der Waals surface area (Å²) >= 11 is 0. The molecular weight excluding hydrogens is 301 g/mol. The Labute approximate surface area is 121 Å². The Morgan fingerprint density at radius 2 is 2.00 bits per heavy atom. The lowest BCUT2D eigenvalue weighted by molar-refractivity contribution is -0.132. The first-order chi connectivity index (χ1) is 9.62. The molecule has 2 rings (SSSR count). The number of carbonyl (C=O) groups is 2. The average Bonchev–Trinajstić information content (AvgIpc) is 2.43. The molecule has 0 spiro atoms. The summed E-state index contributed by atoms with van der Waals surface area (Å²) in [5, 5.41) is 0. The zero-order valence-corrected chi connectivity index (χ0v) is 12.5. The highest BCUT2D eigenvalue weighted by Crippen LogP contribution is 2.36. The van der Waals surface area contributed by atoms with Crippen molar-refractivity contribution < 1.29 is 27.1 Å². The zero-order chi connectivity index (χ0) is 16.0. The number of hydrogen-bond acceptors (Lipinski definition) is 5. The number of sulfonamides is 1. The van der Waals surface area contributed by atoms with Gasteiger partial charge in [-0.05, 0) is 31.5 Å². The molecule has 6 nitrogen and oxygen atoms in total. The van der Waals surface area contributed by atoms with E-state index in [1.807, 2.05) is 0 Å². The maximum atomic E-state index is 13.7. The van der Waals surface area contributed by atoms with Crippen molar-refractivity contribution in [2.45, 2.75) is 25.1 Å². The third-order valence-corrected chi connectivity index (χ3v) is 5.78. The van der Waals surface area contributed by atoms with Crippen molar-refractivity contribution in [1.82, 2.24) is 4.31 Å². The molecule has 0 radical (unpaired) electrons. The lowest BCUT2D eigenvalue weighted by Crippen LogP contribution is -2.66. The van der Waals surface area contributed by atoms with E-state index in [-0.39, 0.29) is 17.7 Å². The standard InChI is InChI=1S/C13H14FNO5S/c1-13(2)12(17)15(21(13,18)19)7-8-4-5-9(10(14)6-8)11(16)20-3/h4-6H,7H2,1-3H3. The molecule has 1 saturated heterocycles. The molecule has 0 atom stereocenters. The molecule has 1 aliphatic rings. The lowest BCUT2D eigenvalue weighted by Gasteiger charge is -2.43. The Balaban J connectivity index is 2.25. The van der Waals surface area contributed by atoms with Gasteiger partial charge in [-0.3, -0.25) is 4.79 Å². The number of carbonyl (C=O) groups excluding carboxylic acids is 2. The number of hydrogen-bond donors (Lipinski definition) is 0. The number of rotatable bonds is 3. The number of esters is 1. The van der Waals surface area contributed by atoms with Crippen molar-refractivity contribution in [1.29, 1.82) is 0 Å². The van der Waals surface area contributed by atoms with E-state index in [4.69, 9.17) is 0 Å². The Morgan fingerprint density at radius 3 is 2.48 bits per heavy atom. The topological polar surface area (TPSA) is 80.8 Å². The first-order valence-electron chi connectivity index (χ1n) is 6.06. The monoisotopic (exact) mass is 315 g/mol. The van der Waals surface area contributed by atoms with Gasteiger partial charge in [0.25, 0.3) is 15.9 Å². The van der Waals surface area contributed by atoms with Crippen LogP contribution in [0.2, 0.25) is 0 Å². The highest BCUT2D eigenvalue weighted by Gasteiger charge is 2.59. The molecule has 8 heteroatoms. The van der Waals surface area contributed by atoms with Crippen LogP contribution >= 0.6 is 0 Å². The van der Waals surface area contributed by atoms with E-state index in [1.54, 1.807) is 0 Å². The van der Waals surface area contributed by atoms with Crippen molar-refractivity contribution in [3.8, 4) is 0 Å². The van der Waals surface area contributed by atoms with Crippen LogP contribution in [0.15, 0.2) is 18.2 Å². The summed E-state index contributed by atoms with van der Waals surface area (Å²) < 4.78 is 41.3. The van der Waals surface area contributed by atoms with Crippen LogP contribution in [-0.4, -0.2) is 36.5 Å². The summed E-state index contributed by atoms with van der Waals surface area (Å²) in [4.78, 5) is 23.0. The second-order valence-electron chi connectivity index (χ2n) is 5.13. The third-order valence-electron chi connectivity index (χ3n) is 3.44. The van der Waals surface area contributed by atoms with Gasteiger partial charge in [-0.15, -0.1) is 0 Å². The Kier molecular flexibility index (Phi) is 3.53. The largest absolute Gasteiger partial charge is 0.465 e. The minimum atomic E-state index is -3.72. The number of amides is 1. The van der Waals surface area contributed by atoms with E-state index in [0.717, 1.165) is 13.2 Å². The maximum Gasteiger partial charge on any atom is 0.340 e. The minimum Gasteiger partial charge on any atom is -0.465 e. The molecule has 0 bridgehead atoms. The molecule has 1 aromatic rings. The highest BCUT2D eigenvalue weighted by atomic mass is 32.2. The highest BCUT2D eigenvalue weighted by molar-refractivity contribution is 7.94. The molecule has 1 aliphatic heterocycles. The van der Waals surface area contributed by atoms with Crippen LogP contribution in [0.5, 0.6) is 0 Å². The van der Waals surface area contributed by atoms with E-state index >= 15 is 0 Å². The quantitative estimate of drug-likeness (QED) is 0.779. The van der Waals surface area contributed by atoms with Gasteiger partial charge in [0.05, 0.1) is 19.2 Å². The molecule has 0 N–H and O–H groups in total. The molecule has 1 aromatic carbocycles. The van der Waals surface area contributed by atoms with Gasteiger partial charge in [-0.25, -0.2) is 21.9 Å². The molecule has 21 heavy (non-hydrogen) atoms. The SMILES string of the molecule is COC(=O)c1ccc(CN2C(=O)C(C)(C)S2(=O)=O)cc1F. The summed E-state index contributed by atoms with van der Waals surface area (Å²) in [7, 11) is -2.59. The number of ether oxygens (including phenoxy) is 1. The molecule has 1 heterocycles. The fourth-order valence-electron chi connectivity index (χ4n) is 2.01. The number of methoxy groups -OCH3 is 1. The van der Waals surface area contributed by atoms with Crippen molar-refractivity contribution in [3.63, 3.8) is 0 Å². The van der Waals surface area contributed by atoms with Crippen LogP contribution in [0.1, 0.15) is 29.8 Å². The Bertz CT molecular complexity index is 726. The fourth-order valence-corrected chi connectivity index (χ4v) is 3.53. The predicted molar refractivity (Wildman–Crippen MR) is 71.3 cm³/mol. The van der Waals surface area contributed by atoms with Gasteiger partial charge >= 0.3 is 5.97 Å². The van der Waals surface area contributed by atoms with E-state index in [9.17, 15) is 22.4 Å². The van der Waals surface area contributed by atoms with E-state index < -0.39 is 32.5 Å². The summed E-state index contributed by atoms with van der Waals surface area (Å²) in [6.07, 6.45) is 0. The zero-order valence-electron chi connectivity index (χ0n) is 11.7. The van der Waals surface area contributed by atoms with Gasteiger partial charge in [0.15, 0.2) is 4.75 Å². The van der Waals surface area contributed by atoms with Crippen LogP contribution in [0, 0.1) is 5.82 Å². The molecule has 1 fully saturated rings. The summed E-state index contributed by atoms with van der Waals surface area (Å²) in [5.74, 6) is -2.20. The Hall–Kier alpha value is -1.96. The van der Waals surface area contributed by atoms with Crippen LogP contribution in [0.3, 0.4) is 0 Å². The molecule has 114 valence electrons. The Morgan fingerprint density at radius 1 is 1.38 bits per heavy atom. The van der Waals surface area contributed by atoms with Gasteiger partial charge in [-0.1, -0.05) is 6.07 Å².